The molecule has 0 unspecified atom stereocenters. The van der Waals surface area contributed by atoms with Crippen molar-refractivity contribution in [1.29, 1.82) is 0 Å². The van der Waals surface area contributed by atoms with E-state index >= 15 is 0 Å². The van der Waals surface area contributed by atoms with Gasteiger partial charge in [-0.05, 0) is 56.9 Å². The summed E-state index contributed by atoms with van der Waals surface area (Å²) >= 11 is 0. The summed E-state index contributed by atoms with van der Waals surface area (Å²) in [6.07, 6.45) is 8.59. The van der Waals surface area contributed by atoms with E-state index in [2.05, 4.69) is 37.1 Å². The highest BCUT2D eigenvalue weighted by molar-refractivity contribution is 5.92. The quantitative estimate of drug-likeness (QED) is 0.514. The van der Waals surface area contributed by atoms with Crippen LogP contribution >= 0.6 is 0 Å². The van der Waals surface area contributed by atoms with Crippen molar-refractivity contribution >= 4 is 12.0 Å². The van der Waals surface area contributed by atoms with Crippen LogP contribution in [0.4, 0.5) is 0 Å². The molecule has 1 saturated heterocycles. The molecule has 1 amide bonds. The van der Waals surface area contributed by atoms with Crippen molar-refractivity contribution in [2.75, 3.05) is 33.4 Å². The Balaban J connectivity index is 1.83. The predicted molar refractivity (Wildman–Crippen MR) is 115 cm³/mol. The van der Waals surface area contributed by atoms with Gasteiger partial charge in [-0.2, -0.15) is 0 Å². The van der Waals surface area contributed by atoms with E-state index in [0.29, 0.717) is 12.4 Å². The second kappa shape index (κ2) is 11.5. The van der Waals surface area contributed by atoms with Gasteiger partial charge in [0.2, 0.25) is 5.91 Å². The minimum absolute atomic E-state index is 0.0481. The lowest BCUT2D eigenvalue weighted by Crippen LogP contribution is -2.44. The van der Waals surface area contributed by atoms with E-state index < -0.39 is 0 Å². The zero-order valence-corrected chi connectivity index (χ0v) is 17.7. The van der Waals surface area contributed by atoms with Gasteiger partial charge in [0.25, 0.3) is 0 Å². The molecule has 0 saturated carbocycles. The molecule has 28 heavy (non-hydrogen) atoms. The molecule has 0 spiro atoms. The number of piperidine rings is 1. The molecule has 0 bridgehead atoms. The molecule has 5 nitrogen and oxygen atoms in total. The number of ether oxygens (including phenoxy) is 2. The van der Waals surface area contributed by atoms with Gasteiger partial charge in [0.05, 0.1) is 13.7 Å². The van der Waals surface area contributed by atoms with E-state index in [1.165, 1.54) is 5.57 Å². The van der Waals surface area contributed by atoms with E-state index in [9.17, 15) is 4.79 Å². The van der Waals surface area contributed by atoms with Crippen LogP contribution in [0.1, 0.15) is 45.6 Å². The van der Waals surface area contributed by atoms with Crippen molar-refractivity contribution in [3.8, 4) is 11.5 Å². The Bertz CT molecular complexity index is 685. The Morgan fingerprint density at radius 2 is 2.00 bits per heavy atom. The lowest BCUT2D eigenvalue weighted by Gasteiger charge is -2.31. The van der Waals surface area contributed by atoms with Gasteiger partial charge in [-0.3, -0.25) is 9.69 Å². The first-order chi connectivity index (χ1) is 13.5. The van der Waals surface area contributed by atoms with E-state index in [0.717, 1.165) is 50.2 Å². The monoisotopic (exact) mass is 386 g/mol. The van der Waals surface area contributed by atoms with Crippen LogP contribution < -0.4 is 14.8 Å². The molecule has 1 N–H and O–H groups in total. The Morgan fingerprint density at radius 1 is 1.25 bits per heavy atom. The standard InChI is InChI=1S/C23H34N2O3/c1-5-16-28-21-8-6-19(17-22(21)27-4)7-9-23(26)24-20-11-14-25(15-12-20)13-10-18(2)3/h6-10,17,20H,5,11-16H2,1-4H3,(H,24,26)/b9-7+. The second-order valence-corrected chi connectivity index (χ2v) is 7.46. The number of allylic oxidation sites excluding steroid dienone is 1. The first-order valence-corrected chi connectivity index (χ1v) is 10.2. The van der Waals surface area contributed by atoms with Crippen LogP contribution in [0, 0.1) is 0 Å². The number of benzene rings is 1. The summed E-state index contributed by atoms with van der Waals surface area (Å²) in [4.78, 5) is 14.7. The van der Waals surface area contributed by atoms with Crippen molar-refractivity contribution in [2.24, 2.45) is 0 Å². The Labute approximate surface area is 169 Å². The topological polar surface area (TPSA) is 50.8 Å². The predicted octanol–water partition coefficient (Wildman–Crippen LogP) is 4.04. The summed E-state index contributed by atoms with van der Waals surface area (Å²) in [6.45, 7) is 10.0. The molecular weight excluding hydrogens is 352 g/mol. The third-order valence-electron chi connectivity index (χ3n) is 4.77. The Hall–Kier alpha value is -2.27. The first-order valence-electron chi connectivity index (χ1n) is 10.2. The van der Waals surface area contributed by atoms with E-state index in [1.807, 2.05) is 24.3 Å². The molecule has 154 valence electrons. The van der Waals surface area contributed by atoms with E-state index in [-0.39, 0.29) is 11.9 Å². The lowest BCUT2D eigenvalue weighted by atomic mass is 10.0. The average molecular weight is 387 g/mol. The smallest absolute Gasteiger partial charge is 0.244 e. The minimum Gasteiger partial charge on any atom is -0.493 e. The third kappa shape index (κ3) is 7.39. The van der Waals surface area contributed by atoms with Crippen LogP contribution in [0.2, 0.25) is 0 Å². The molecule has 1 aliphatic heterocycles. The van der Waals surface area contributed by atoms with Gasteiger partial charge in [-0.15, -0.1) is 0 Å². The summed E-state index contributed by atoms with van der Waals surface area (Å²) in [5.41, 5.74) is 2.26. The fourth-order valence-electron chi connectivity index (χ4n) is 3.11. The van der Waals surface area contributed by atoms with Crippen LogP contribution in [0.5, 0.6) is 11.5 Å². The SMILES string of the molecule is CCCOc1ccc(/C=C/C(=O)NC2CCN(CC=C(C)C)CC2)cc1OC. The maximum atomic E-state index is 12.3. The Morgan fingerprint density at radius 3 is 2.64 bits per heavy atom. The highest BCUT2D eigenvalue weighted by Gasteiger charge is 2.19. The zero-order valence-electron chi connectivity index (χ0n) is 17.7. The summed E-state index contributed by atoms with van der Waals surface area (Å²) < 4.78 is 11.0. The highest BCUT2D eigenvalue weighted by Crippen LogP contribution is 2.28. The van der Waals surface area contributed by atoms with Gasteiger partial charge in [0.1, 0.15) is 0 Å². The maximum absolute atomic E-state index is 12.3. The molecular formula is C23H34N2O3. The van der Waals surface area contributed by atoms with Gasteiger partial charge in [-0.1, -0.05) is 24.6 Å². The molecule has 1 aliphatic rings. The maximum Gasteiger partial charge on any atom is 0.244 e. The largest absolute Gasteiger partial charge is 0.493 e. The van der Waals surface area contributed by atoms with Gasteiger partial charge in [-0.25, -0.2) is 0 Å². The number of carbonyl (C=O) groups excluding carboxylic acids is 1. The third-order valence-corrected chi connectivity index (χ3v) is 4.77. The summed E-state index contributed by atoms with van der Waals surface area (Å²) in [5, 5.41) is 3.12. The fourth-order valence-corrected chi connectivity index (χ4v) is 3.11. The van der Waals surface area contributed by atoms with Gasteiger partial charge in [0.15, 0.2) is 11.5 Å². The number of amides is 1. The minimum atomic E-state index is -0.0481. The van der Waals surface area contributed by atoms with Crippen LogP contribution in [-0.2, 0) is 4.79 Å². The van der Waals surface area contributed by atoms with Crippen LogP contribution in [0.15, 0.2) is 35.9 Å². The van der Waals surface area contributed by atoms with E-state index in [4.69, 9.17) is 9.47 Å². The van der Waals surface area contributed by atoms with Crippen LogP contribution in [0.3, 0.4) is 0 Å². The first kappa shape index (κ1) is 22.0. The number of hydrogen-bond acceptors (Lipinski definition) is 4. The molecule has 1 aromatic carbocycles. The van der Waals surface area contributed by atoms with Gasteiger partial charge in [0, 0.05) is 31.8 Å². The number of rotatable bonds is 9. The van der Waals surface area contributed by atoms with Crippen molar-refractivity contribution < 1.29 is 14.3 Å². The molecule has 0 atom stereocenters. The highest BCUT2D eigenvalue weighted by atomic mass is 16.5. The second-order valence-electron chi connectivity index (χ2n) is 7.46. The number of nitrogens with one attached hydrogen (secondary N) is 1. The van der Waals surface area contributed by atoms with Crippen LogP contribution in [0.25, 0.3) is 6.08 Å². The molecule has 0 aromatic heterocycles. The number of carbonyl (C=O) groups is 1. The molecule has 0 aliphatic carbocycles. The van der Waals surface area contributed by atoms with Crippen molar-refractivity contribution in [2.45, 2.75) is 46.1 Å². The number of methoxy groups -OCH3 is 1. The van der Waals surface area contributed by atoms with Gasteiger partial charge >= 0.3 is 0 Å². The summed E-state index contributed by atoms with van der Waals surface area (Å²) in [7, 11) is 1.62. The van der Waals surface area contributed by atoms with Crippen molar-refractivity contribution in [1.82, 2.24) is 10.2 Å². The number of hydrogen-bond donors (Lipinski definition) is 1. The molecule has 2 rings (SSSR count). The Kier molecular flexibility index (Phi) is 9.08. The van der Waals surface area contributed by atoms with Crippen LogP contribution in [-0.4, -0.2) is 50.2 Å². The molecule has 1 aromatic rings. The average Bonchev–Trinajstić information content (AvgIpc) is 2.70. The van der Waals surface area contributed by atoms with E-state index in [1.54, 1.807) is 13.2 Å². The van der Waals surface area contributed by atoms with Crippen molar-refractivity contribution in [3.05, 3.63) is 41.5 Å². The fraction of sp³-hybridized carbons (Fsp3) is 0.522. The number of nitrogens with zero attached hydrogens (tertiary/aromatic N) is 1. The summed E-state index contributed by atoms with van der Waals surface area (Å²) in [5.74, 6) is 1.36. The molecule has 1 fully saturated rings. The zero-order chi connectivity index (χ0) is 20.4. The van der Waals surface area contributed by atoms with Crippen molar-refractivity contribution in [3.63, 3.8) is 0 Å². The molecule has 5 heteroatoms. The lowest BCUT2D eigenvalue weighted by molar-refractivity contribution is -0.117. The van der Waals surface area contributed by atoms with Gasteiger partial charge < -0.3 is 14.8 Å². The summed E-state index contributed by atoms with van der Waals surface area (Å²) in [6, 6.07) is 5.95. The molecule has 0 radical (unpaired) electrons. The number of likely N-dealkylation sites (tertiary alicyclic amines) is 1. The normalized spacial score (nSPS) is 15.4. The molecule has 1 heterocycles.